The SMILES string of the molecule is Cc1c(F)c(-c2cccc3cc[nH]c23)cc2c1NC(C)(C)C(OC(=O)NC1CCCCC1)[C@H]2C. The monoisotopic (exact) mass is 463 g/mol. The summed E-state index contributed by atoms with van der Waals surface area (Å²) in [6.45, 7) is 7.90. The second-order valence-corrected chi connectivity index (χ2v) is 10.5. The number of nitrogens with one attached hydrogen (secondary N) is 3. The van der Waals surface area contributed by atoms with E-state index in [1.165, 1.54) is 6.42 Å². The minimum absolute atomic E-state index is 0.107. The number of alkyl carbamates (subject to hydrolysis) is 1. The fourth-order valence-electron chi connectivity index (χ4n) is 5.84. The molecule has 180 valence electrons. The molecular formula is C28H34FN3O2. The van der Waals surface area contributed by atoms with Gasteiger partial charge in [-0.2, -0.15) is 0 Å². The Morgan fingerprint density at radius 1 is 1.15 bits per heavy atom. The molecule has 2 atom stereocenters. The van der Waals surface area contributed by atoms with Crippen molar-refractivity contribution in [2.24, 2.45) is 0 Å². The largest absolute Gasteiger partial charge is 0.443 e. The molecule has 1 saturated carbocycles. The van der Waals surface area contributed by atoms with Crippen LogP contribution in [0.25, 0.3) is 22.0 Å². The summed E-state index contributed by atoms with van der Waals surface area (Å²) in [4.78, 5) is 16.1. The number of benzene rings is 2. The quantitative estimate of drug-likeness (QED) is 0.391. The van der Waals surface area contributed by atoms with Gasteiger partial charge in [0.25, 0.3) is 0 Å². The molecule has 1 amide bonds. The summed E-state index contributed by atoms with van der Waals surface area (Å²) in [5.41, 5.74) is 4.10. The van der Waals surface area contributed by atoms with Crippen molar-refractivity contribution >= 4 is 22.7 Å². The Kier molecular flexibility index (Phi) is 5.78. The number of anilines is 1. The Labute approximate surface area is 200 Å². The van der Waals surface area contributed by atoms with E-state index in [0.29, 0.717) is 11.1 Å². The van der Waals surface area contributed by atoms with Crippen molar-refractivity contribution in [1.29, 1.82) is 0 Å². The topological polar surface area (TPSA) is 66.1 Å². The predicted octanol–water partition coefficient (Wildman–Crippen LogP) is 7.02. The van der Waals surface area contributed by atoms with Crippen LogP contribution in [0.4, 0.5) is 14.9 Å². The van der Waals surface area contributed by atoms with Crippen molar-refractivity contribution < 1.29 is 13.9 Å². The van der Waals surface area contributed by atoms with Gasteiger partial charge in [0, 0.05) is 40.5 Å². The number of fused-ring (bicyclic) bond motifs is 2. The van der Waals surface area contributed by atoms with Gasteiger partial charge in [0.1, 0.15) is 11.9 Å². The maximum absolute atomic E-state index is 15.7. The summed E-state index contributed by atoms with van der Waals surface area (Å²) in [5, 5.41) is 7.60. The first-order valence-corrected chi connectivity index (χ1v) is 12.4. The van der Waals surface area contributed by atoms with E-state index >= 15 is 4.39 Å². The molecule has 0 radical (unpaired) electrons. The number of carbonyl (C=O) groups excluding carboxylic acids is 1. The predicted molar refractivity (Wildman–Crippen MR) is 135 cm³/mol. The van der Waals surface area contributed by atoms with E-state index in [1.807, 2.05) is 57.3 Å². The molecule has 0 spiro atoms. The normalized spacial score (nSPS) is 22.1. The number of amides is 1. The van der Waals surface area contributed by atoms with Crippen LogP contribution in [-0.4, -0.2) is 28.8 Å². The number of H-pyrrole nitrogens is 1. The highest BCUT2D eigenvalue weighted by atomic mass is 19.1. The van der Waals surface area contributed by atoms with Gasteiger partial charge in [0.05, 0.1) is 11.1 Å². The first-order valence-electron chi connectivity index (χ1n) is 12.4. The summed E-state index contributed by atoms with van der Waals surface area (Å²) in [6, 6.07) is 10.0. The first-order chi connectivity index (χ1) is 16.3. The van der Waals surface area contributed by atoms with Crippen LogP contribution >= 0.6 is 0 Å². The minimum Gasteiger partial charge on any atom is -0.443 e. The van der Waals surface area contributed by atoms with Crippen molar-refractivity contribution in [1.82, 2.24) is 10.3 Å². The Balaban J connectivity index is 1.49. The fraction of sp³-hybridized carbons (Fsp3) is 0.464. The zero-order chi connectivity index (χ0) is 24.0. The number of hydrogen-bond donors (Lipinski definition) is 3. The van der Waals surface area contributed by atoms with Gasteiger partial charge in [-0.1, -0.05) is 44.4 Å². The summed E-state index contributed by atoms with van der Waals surface area (Å²) in [5.74, 6) is -0.338. The Morgan fingerprint density at radius 2 is 1.91 bits per heavy atom. The van der Waals surface area contributed by atoms with E-state index in [1.54, 1.807) is 0 Å². The second-order valence-electron chi connectivity index (χ2n) is 10.5. The standard InChI is InChI=1S/C28H34FN3O2/c1-16-21-15-22(20-12-8-9-18-13-14-30-25(18)20)23(29)17(2)24(21)32-28(3,4)26(16)34-27(33)31-19-10-6-5-7-11-19/h8-9,12-16,19,26,30,32H,5-7,10-11H2,1-4H3,(H,31,33)/t16-,26?/m0/s1. The van der Waals surface area contributed by atoms with Gasteiger partial charge in [-0.15, -0.1) is 0 Å². The molecule has 3 aromatic rings. The fourth-order valence-corrected chi connectivity index (χ4v) is 5.84. The van der Waals surface area contributed by atoms with Crippen LogP contribution in [0.3, 0.4) is 0 Å². The average molecular weight is 464 g/mol. The number of aromatic nitrogens is 1. The Bertz CT molecular complexity index is 1230. The molecule has 1 aromatic heterocycles. The molecule has 2 aliphatic rings. The van der Waals surface area contributed by atoms with Gasteiger partial charge in [-0.25, -0.2) is 9.18 Å². The molecule has 2 heterocycles. The zero-order valence-corrected chi connectivity index (χ0v) is 20.4. The summed E-state index contributed by atoms with van der Waals surface area (Å²) >= 11 is 0. The molecule has 1 aliphatic carbocycles. The van der Waals surface area contributed by atoms with Crippen molar-refractivity contribution in [3.8, 4) is 11.1 Å². The Hall–Kier alpha value is -3.02. The summed E-state index contributed by atoms with van der Waals surface area (Å²) in [7, 11) is 0. The third-order valence-corrected chi connectivity index (χ3v) is 7.67. The number of rotatable bonds is 3. The molecule has 1 fully saturated rings. The number of aromatic amines is 1. The number of halogens is 1. The highest BCUT2D eigenvalue weighted by molar-refractivity contribution is 5.95. The summed E-state index contributed by atoms with van der Waals surface area (Å²) < 4.78 is 21.7. The molecule has 0 bridgehead atoms. The van der Waals surface area contributed by atoms with Crippen LogP contribution in [0.5, 0.6) is 0 Å². The van der Waals surface area contributed by atoms with E-state index in [4.69, 9.17) is 4.74 Å². The third kappa shape index (κ3) is 3.93. The molecule has 0 saturated heterocycles. The summed E-state index contributed by atoms with van der Waals surface area (Å²) in [6.07, 6.45) is 6.64. The van der Waals surface area contributed by atoms with Crippen molar-refractivity contribution in [2.75, 3.05) is 5.32 Å². The van der Waals surface area contributed by atoms with Crippen LogP contribution in [0.2, 0.25) is 0 Å². The molecule has 5 nitrogen and oxygen atoms in total. The lowest BCUT2D eigenvalue weighted by Gasteiger charge is -2.45. The zero-order valence-electron chi connectivity index (χ0n) is 20.4. The van der Waals surface area contributed by atoms with Crippen LogP contribution in [0, 0.1) is 12.7 Å². The van der Waals surface area contributed by atoms with Crippen LogP contribution in [-0.2, 0) is 4.74 Å². The van der Waals surface area contributed by atoms with Gasteiger partial charge < -0.3 is 20.4 Å². The van der Waals surface area contributed by atoms with Crippen molar-refractivity contribution in [3.63, 3.8) is 0 Å². The highest BCUT2D eigenvalue weighted by Crippen LogP contribution is 2.46. The van der Waals surface area contributed by atoms with Gasteiger partial charge in [-0.05, 0) is 56.7 Å². The van der Waals surface area contributed by atoms with Gasteiger partial charge in [-0.3, -0.25) is 0 Å². The van der Waals surface area contributed by atoms with E-state index in [0.717, 1.165) is 53.4 Å². The molecule has 1 unspecified atom stereocenters. The molecule has 6 heteroatoms. The van der Waals surface area contributed by atoms with Crippen LogP contribution < -0.4 is 10.6 Å². The number of para-hydroxylation sites is 1. The first kappa shape index (κ1) is 22.8. The number of hydrogen-bond acceptors (Lipinski definition) is 3. The lowest BCUT2D eigenvalue weighted by atomic mass is 9.77. The number of ether oxygens (including phenoxy) is 1. The lowest BCUT2D eigenvalue weighted by molar-refractivity contribution is 0.0446. The van der Waals surface area contributed by atoms with Crippen LogP contribution in [0.1, 0.15) is 69.9 Å². The molecule has 3 N–H and O–H groups in total. The molecule has 34 heavy (non-hydrogen) atoms. The van der Waals surface area contributed by atoms with E-state index in [2.05, 4.69) is 22.5 Å². The average Bonchev–Trinajstić information content (AvgIpc) is 3.29. The minimum atomic E-state index is -0.547. The molecule has 5 rings (SSSR count). The Morgan fingerprint density at radius 3 is 2.68 bits per heavy atom. The van der Waals surface area contributed by atoms with Crippen molar-refractivity contribution in [3.05, 3.63) is 53.5 Å². The van der Waals surface area contributed by atoms with E-state index < -0.39 is 11.6 Å². The molecule has 2 aromatic carbocycles. The molecular weight excluding hydrogens is 429 g/mol. The lowest BCUT2D eigenvalue weighted by Crippen LogP contribution is -2.53. The third-order valence-electron chi connectivity index (χ3n) is 7.67. The van der Waals surface area contributed by atoms with Gasteiger partial charge in [0.2, 0.25) is 0 Å². The maximum atomic E-state index is 15.7. The van der Waals surface area contributed by atoms with E-state index in [-0.39, 0.29) is 23.9 Å². The number of carbonyl (C=O) groups is 1. The van der Waals surface area contributed by atoms with Gasteiger partial charge in [0.15, 0.2) is 0 Å². The smallest absolute Gasteiger partial charge is 0.407 e. The second kappa shape index (κ2) is 8.64. The molecule has 1 aliphatic heterocycles. The maximum Gasteiger partial charge on any atom is 0.407 e. The van der Waals surface area contributed by atoms with Gasteiger partial charge >= 0.3 is 6.09 Å². The highest BCUT2D eigenvalue weighted by Gasteiger charge is 2.44. The van der Waals surface area contributed by atoms with E-state index in [9.17, 15) is 4.79 Å². The van der Waals surface area contributed by atoms with Crippen LogP contribution in [0.15, 0.2) is 36.5 Å². The van der Waals surface area contributed by atoms with Crippen molar-refractivity contribution in [2.45, 2.75) is 83.4 Å².